The topological polar surface area (TPSA) is 29.1 Å². The van der Waals surface area contributed by atoms with Gasteiger partial charge in [0.1, 0.15) is 0 Å². The molecule has 0 aromatic carbocycles. The van der Waals surface area contributed by atoms with Crippen LogP contribution in [0.25, 0.3) is 0 Å². The molecule has 0 unspecified atom stereocenters. The number of amides is 1. The Labute approximate surface area is 83.4 Å². The Morgan fingerprint density at radius 1 is 1.29 bits per heavy atom. The predicted molar refractivity (Wildman–Crippen MR) is 54.4 cm³/mol. The summed E-state index contributed by atoms with van der Waals surface area (Å²) in [4.78, 5) is 11.8. The van der Waals surface area contributed by atoms with Crippen molar-refractivity contribution in [3.8, 4) is 0 Å². The number of nitrogens with one attached hydrogen (secondary N) is 1. The molecule has 72 valence electrons. The van der Waals surface area contributed by atoms with E-state index >= 15 is 0 Å². The molecule has 2 aliphatic carbocycles. The monoisotopic (exact) mass is 187 g/mol. The minimum absolute atomic E-state index is 0.0278. The number of allylic oxidation sites excluding steroid dienone is 4. The summed E-state index contributed by atoms with van der Waals surface area (Å²) in [5, 5.41) is 3.04. The lowest BCUT2D eigenvalue weighted by atomic mass is 9.66. The van der Waals surface area contributed by atoms with Crippen LogP contribution < -0.4 is 5.32 Å². The third-order valence-electron chi connectivity index (χ3n) is 3.73. The van der Waals surface area contributed by atoms with E-state index in [9.17, 15) is 4.79 Å². The van der Waals surface area contributed by atoms with Crippen molar-refractivity contribution >= 4 is 5.91 Å². The number of carbonyl (C=O) groups excluding carboxylic acids is 1. The SMILES string of the molecule is C[C@@]12C=CC=C[C@H]3C=C[C@H]1NC(=O)[C@H]32. The molecule has 2 nitrogen and oxygen atoms in total. The van der Waals surface area contributed by atoms with Gasteiger partial charge in [-0.05, 0) is 0 Å². The van der Waals surface area contributed by atoms with Crippen molar-refractivity contribution in [2.75, 3.05) is 0 Å². The van der Waals surface area contributed by atoms with E-state index in [2.05, 4.69) is 42.6 Å². The first kappa shape index (κ1) is 8.04. The second kappa shape index (κ2) is 2.38. The molecule has 1 saturated heterocycles. The summed E-state index contributed by atoms with van der Waals surface area (Å²) in [6, 6.07) is 0.187. The summed E-state index contributed by atoms with van der Waals surface area (Å²) < 4.78 is 0. The number of rotatable bonds is 0. The van der Waals surface area contributed by atoms with E-state index < -0.39 is 0 Å². The average Bonchev–Trinajstić information content (AvgIpc) is 2.31. The summed E-state index contributed by atoms with van der Waals surface area (Å²) >= 11 is 0. The molecular formula is C12H13NO. The van der Waals surface area contributed by atoms with Crippen molar-refractivity contribution < 1.29 is 4.79 Å². The maximum Gasteiger partial charge on any atom is 0.225 e. The minimum Gasteiger partial charge on any atom is -0.349 e. The van der Waals surface area contributed by atoms with Crippen molar-refractivity contribution in [2.45, 2.75) is 13.0 Å². The number of hydrogen-bond acceptors (Lipinski definition) is 1. The van der Waals surface area contributed by atoms with Crippen LogP contribution in [0.1, 0.15) is 6.92 Å². The second-order valence-electron chi connectivity index (χ2n) is 4.54. The molecule has 1 fully saturated rings. The molecule has 1 aliphatic heterocycles. The fourth-order valence-electron chi connectivity index (χ4n) is 2.91. The van der Waals surface area contributed by atoms with Gasteiger partial charge >= 0.3 is 0 Å². The maximum absolute atomic E-state index is 11.8. The van der Waals surface area contributed by atoms with Crippen LogP contribution in [0.5, 0.6) is 0 Å². The van der Waals surface area contributed by atoms with E-state index in [4.69, 9.17) is 0 Å². The molecule has 1 N–H and O–H groups in total. The zero-order valence-electron chi connectivity index (χ0n) is 8.10. The van der Waals surface area contributed by atoms with E-state index in [-0.39, 0.29) is 29.2 Å². The van der Waals surface area contributed by atoms with Crippen molar-refractivity contribution in [3.63, 3.8) is 0 Å². The van der Waals surface area contributed by atoms with Crippen molar-refractivity contribution in [1.82, 2.24) is 5.32 Å². The molecule has 0 radical (unpaired) electrons. The molecule has 2 heteroatoms. The van der Waals surface area contributed by atoms with Gasteiger partial charge < -0.3 is 5.32 Å². The van der Waals surface area contributed by atoms with Gasteiger partial charge in [0.15, 0.2) is 0 Å². The lowest BCUT2D eigenvalue weighted by Gasteiger charge is -2.35. The highest BCUT2D eigenvalue weighted by Gasteiger charge is 2.53. The van der Waals surface area contributed by atoms with Crippen LogP contribution in [-0.2, 0) is 4.79 Å². The normalized spacial score (nSPS) is 47.8. The Bertz CT molecular complexity index is 380. The van der Waals surface area contributed by atoms with Gasteiger partial charge in [0.2, 0.25) is 5.91 Å². The van der Waals surface area contributed by atoms with E-state index in [0.717, 1.165) is 0 Å². The largest absolute Gasteiger partial charge is 0.349 e. The average molecular weight is 187 g/mol. The molecule has 0 aromatic rings. The Kier molecular flexibility index (Phi) is 1.37. The fourth-order valence-corrected chi connectivity index (χ4v) is 2.91. The Morgan fingerprint density at radius 2 is 2.14 bits per heavy atom. The zero-order valence-corrected chi connectivity index (χ0v) is 8.10. The van der Waals surface area contributed by atoms with Crippen molar-refractivity contribution in [2.24, 2.45) is 17.3 Å². The van der Waals surface area contributed by atoms with Gasteiger partial charge in [-0.3, -0.25) is 4.79 Å². The second-order valence-corrected chi connectivity index (χ2v) is 4.54. The molecule has 14 heavy (non-hydrogen) atoms. The van der Waals surface area contributed by atoms with Gasteiger partial charge in [-0.2, -0.15) is 0 Å². The van der Waals surface area contributed by atoms with Crippen LogP contribution in [0.2, 0.25) is 0 Å². The lowest BCUT2D eigenvalue weighted by molar-refractivity contribution is -0.124. The van der Waals surface area contributed by atoms with Crippen LogP contribution in [0.3, 0.4) is 0 Å². The van der Waals surface area contributed by atoms with Gasteiger partial charge in [-0.1, -0.05) is 43.4 Å². The fraction of sp³-hybridized carbons (Fsp3) is 0.417. The van der Waals surface area contributed by atoms with Gasteiger partial charge in [-0.25, -0.2) is 0 Å². The molecule has 0 spiro atoms. The Hall–Kier alpha value is -1.31. The Balaban J connectivity index is 2.21. The smallest absolute Gasteiger partial charge is 0.225 e. The molecule has 0 saturated carbocycles. The van der Waals surface area contributed by atoms with E-state index in [1.807, 2.05) is 6.08 Å². The van der Waals surface area contributed by atoms with Crippen LogP contribution in [0.15, 0.2) is 36.5 Å². The van der Waals surface area contributed by atoms with E-state index in [0.29, 0.717) is 0 Å². The summed E-state index contributed by atoms with van der Waals surface area (Å²) in [7, 11) is 0. The number of hydrogen-bond donors (Lipinski definition) is 1. The molecule has 3 aliphatic rings. The number of carbonyl (C=O) groups is 1. The molecular weight excluding hydrogens is 174 g/mol. The standard InChI is InChI=1S/C12H13NO/c1-12-7-3-2-4-8-5-6-9(12)13-11(14)10(8)12/h2-10H,1H3,(H,13,14)/t8-,9+,10-,12+/m0/s1. The van der Waals surface area contributed by atoms with Gasteiger partial charge in [0.05, 0.1) is 12.0 Å². The predicted octanol–water partition coefficient (Wildman–Crippen LogP) is 1.42. The first-order valence-corrected chi connectivity index (χ1v) is 5.06. The first-order chi connectivity index (χ1) is 6.72. The molecule has 3 rings (SSSR count). The zero-order chi connectivity index (χ0) is 9.76. The summed E-state index contributed by atoms with van der Waals surface area (Å²) in [6.45, 7) is 2.17. The van der Waals surface area contributed by atoms with Gasteiger partial charge in [-0.15, -0.1) is 0 Å². The van der Waals surface area contributed by atoms with Gasteiger partial charge in [0.25, 0.3) is 0 Å². The highest BCUT2D eigenvalue weighted by Crippen LogP contribution is 2.48. The molecule has 0 aromatic heterocycles. The summed E-state index contributed by atoms with van der Waals surface area (Å²) in [5.74, 6) is 0.560. The molecule has 4 bridgehead atoms. The molecule has 1 heterocycles. The lowest BCUT2D eigenvalue weighted by Crippen LogP contribution is -2.38. The quantitative estimate of drug-likeness (QED) is 0.571. The van der Waals surface area contributed by atoms with Crippen LogP contribution in [-0.4, -0.2) is 11.9 Å². The van der Waals surface area contributed by atoms with E-state index in [1.54, 1.807) is 0 Å². The third-order valence-corrected chi connectivity index (χ3v) is 3.73. The maximum atomic E-state index is 11.8. The highest BCUT2D eigenvalue weighted by molar-refractivity contribution is 5.85. The van der Waals surface area contributed by atoms with Crippen LogP contribution in [0.4, 0.5) is 0 Å². The minimum atomic E-state index is -0.0278. The Morgan fingerprint density at radius 3 is 3.00 bits per heavy atom. The summed E-state index contributed by atoms with van der Waals surface area (Å²) in [5.41, 5.74) is -0.0278. The van der Waals surface area contributed by atoms with Crippen LogP contribution >= 0.6 is 0 Å². The highest BCUT2D eigenvalue weighted by atomic mass is 16.2. The van der Waals surface area contributed by atoms with Crippen molar-refractivity contribution in [1.29, 1.82) is 0 Å². The van der Waals surface area contributed by atoms with Crippen molar-refractivity contribution in [3.05, 3.63) is 36.5 Å². The third kappa shape index (κ3) is 0.788. The molecule has 4 atom stereocenters. The molecule has 1 amide bonds. The van der Waals surface area contributed by atoms with Gasteiger partial charge in [0, 0.05) is 11.3 Å². The summed E-state index contributed by atoms with van der Waals surface area (Å²) in [6.07, 6.45) is 12.7. The van der Waals surface area contributed by atoms with E-state index in [1.165, 1.54) is 0 Å². The first-order valence-electron chi connectivity index (χ1n) is 5.06. The van der Waals surface area contributed by atoms with Crippen LogP contribution in [0, 0.1) is 17.3 Å².